The van der Waals surface area contributed by atoms with Crippen LogP contribution < -0.4 is 5.32 Å². The normalized spacial score (nSPS) is 16.6. The van der Waals surface area contributed by atoms with Gasteiger partial charge in [-0.15, -0.1) is 10.2 Å². The maximum absolute atomic E-state index is 12.5. The number of nitrogens with zero attached hydrogens (tertiary/aromatic N) is 3. The fourth-order valence-corrected chi connectivity index (χ4v) is 4.62. The summed E-state index contributed by atoms with van der Waals surface area (Å²) in [7, 11) is 0. The lowest BCUT2D eigenvalue weighted by Crippen LogP contribution is -2.43. The van der Waals surface area contributed by atoms with Crippen LogP contribution in [0, 0.1) is 12.8 Å². The SMILES string of the molecule is CCOC(=O)[C@H]1CCCN(C(=O)CSc2nnc(Nc3ccc(C)cc3)s2)C1. The van der Waals surface area contributed by atoms with Crippen molar-refractivity contribution in [1.82, 2.24) is 15.1 Å². The zero-order chi connectivity index (χ0) is 19.9. The van der Waals surface area contributed by atoms with Crippen LogP contribution in [0.3, 0.4) is 0 Å². The van der Waals surface area contributed by atoms with Crippen molar-refractivity contribution >= 4 is 45.8 Å². The first-order valence-corrected chi connectivity index (χ1v) is 11.1. The van der Waals surface area contributed by atoms with Gasteiger partial charge >= 0.3 is 5.97 Å². The van der Waals surface area contributed by atoms with Gasteiger partial charge in [0.25, 0.3) is 0 Å². The summed E-state index contributed by atoms with van der Waals surface area (Å²) < 4.78 is 5.83. The molecule has 1 aromatic heterocycles. The molecule has 2 aromatic rings. The molecule has 1 fully saturated rings. The van der Waals surface area contributed by atoms with Crippen LogP contribution in [-0.4, -0.2) is 52.4 Å². The summed E-state index contributed by atoms with van der Waals surface area (Å²) in [5.41, 5.74) is 2.15. The van der Waals surface area contributed by atoms with Crippen LogP contribution in [0.25, 0.3) is 0 Å². The highest BCUT2D eigenvalue weighted by atomic mass is 32.2. The van der Waals surface area contributed by atoms with Crippen molar-refractivity contribution in [1.29, 1.82) is 0 Å². The molecule has 1 aliphatic heterocycles. The summed E-state index contributed by atoms with van der Waals surface area (Å²) in [6, 6.07) is 8.03. The molecule has 1 saturated heterocycles. The summed E-state index contributed by atoms with van der Waals surface area (Å²) in [5.74, 6) is -0.116. The number of carbonyl (C=O) groups is 2. The highest BCUT2D eigenvalue weighted by molar-refractivity contribution is 8.01. The van der Waals surface area contributed by atoms with Gasteiger partial charge in [0.15, 0.2) is 4.34 Å². The summed E-state index contributed by atoms with van der Waals surface area (Å²) in [6.07, 6.45) is 1.60. The molecular weight excluding hydrogens is 396 g/mol. The van der Waals surface area contributed by atoms with E-state index in [0.29, 0.717) is 24.8 Å². The molecule has 0 spiro atoms. The van der Waals surface area contributed by atoms with Crippen LogP contribution in [0.5, 0.6) is 0 Å². The minimum Gasteiger partial charge on any atom is -0.466 e. The number of hydrogen-bond donors (Lipinski definition) is 1. The van der Waals surface area contributed by atoms with Gasteiger partial charge in [-0.25, -0.2) is 0 Å². The van der Waals surface area contributed by atoms with E-state index in [0.717, 1.165) is 22.9 Å². The number of piperidine rings is 1. The topological polar surface area (TPSA) is 84.4 Å². The van der Waals surface area contributed by atoms with Crippen molar-refractivity contribution in [2.24, 2.45) is 5.92 Å². The van der Waals surface area contributed by atoms with Gasteiger partial charge in [-0.2, -0.15) is 0 Å². The number of rotatable bonds is 7. The number of benzene rings is 1. The molecule has 0 radical (unpaired) electrons. The second-order valence-electron chi connectivity index (χ2n) is 6.58. The smallest absolute Gasteiger partial charge is 0.310 e. The van der Waals surface area contributed by atoms with Crippen LogP contribution in [0.15, 0.2) is 28.6 Å². The second kappa shape index (κ2) is 9.88. The number of likely N-dealkylation sites (tertiary alicyclic amines) is 1. The van der Waals surface area contributed by atoms with Crippen LogP contribution in [0.4, 0.5) is 10.8 Å². The van der Waals surface area contributed by atoms with Gasteiger partial charge in [0, 0.05) is 18.8 Å². The maximum atomic E-state index is 12.5. The maximum Gasteiger partial charge on any atom is 0.310 e. The Bertz CT molecular complexity index is 810. The monoisotopic (exact) mass is 420 g/mol. The van der Waals surface area contributed by atoms with Crippen LogP contribution >= 0.6 is 23.1 Å². The lowest BCUT2D eigenvalue weighted by molar-refractivity contribution is -0.151. The van der Waals surface area contributed by atoms with E-state index in [4.69, 9.17) is 4.74 Å². The molecule has 1 aliphatic rings. The Morgan fingerprint density at radius 3 is 2.86 bits per heavy atom. The molecule has 0 aliphatic carbocycles. The van der Waals surface area contributed by atoms with E-state index in [1.54, 1.807) is 11.8 Å². The molecule has 0 bridgehead atoms. The minimum absolute atomic E-state index is 0.0160. The number of hydrogen-bond acceptors (Lipinski definition) is 8. The first-order chi connectivity index (χ1) is 13.5. The molecule has 9 heteroatoms. The number of ether oxygens (including phenoxy) is 1. The Morgan fingerprint density at radius 2 is 2.11 bits per heavy atom. The predicted molar refractivity (Wildman–Crippen MR) is 111 cm³/mol. The third-order valence-electron chi connectivity index (χ3n) is 4.42. The average Bonchev–Trinajstić information content (AvgIpc) is 3.15. The molecule has 3 rings (SSSR count). The fraction of sp³-hybridized carbons (Fsp3) is 0.474. The molecule has 150 valence electrons. The van der Waals surface area contributed by atoms with Crippen molar-refractivity contribution in [3.63, 3.8) is 0 Å². The van der Waals surface area contributed by atoms with E-state index < -0.39 is 0 Å². The highest BCUT2D eigenvalue weighted by Gasteiger charge is 2.29. The zero-order valence-electron chi connectivity index (χ0n) is 16.0. The largest absolute Gasteiger partial charge is 0.466 e. The zero-order valence-corrected chi connectivity index (χ0v) is 17.6. The number of nitrogens with one attached hydrogen (secondary N) is 1. The Labute approximate surface area is 172 Å². The molecule has 0 saturated carbocycles. The lowest BCUT2D eigenvalue weighted by Gasteiger charge is -2.31. The molecule has 0 unspecified atom stereocenters. The van der Waals surface area contributed by atoms with Gasteiger partial charge in [-0.1, -0.05) is 40.8 Å². The number of amides is 1. The summed E-state index contributed by atoms with van der Waals surface area (Å²) >= 11 is 2.79. The highest BCUT2D eigenvalue weighted by Crippen LogP contribution is 2.28. The van der Waals surface area contributed by atoms with Crippen molar-refractivity contribution in [3.8, 4) is 0 Å². The second-order valence-corrected chi connectivity index (χ2v) is 8.78. The van der Waals surface area contributed by atoms with Crippen molar-refractivity contribution in [2.45, 2.75) is 31.0 Å². The van der Waals surface area contributed by atoms with Gasteiger partial charge in [-0.3, -0.25) is 9.59 Å². The summed E-state index contributed by atoms with van der Waals surface area (Å²) in [6.45, 7) is 5.33. The molecule has 1 atom stereocenters. The van der Waals surface area contributed by atoms with E-state index in [1.807, 2.05) is 31.2 Å². The fourth-order valence-electron chi connectivity index (χ4n) is 2.95. The molecule has 1 aromatic carbocycles. The first-order valence-electron chi connectivity index (χ1n) is 9.29. The third kappa shape index (κ3) is 5.68. The van der Waals surface area contributed by atoms with Gasteiger partial charge < -0.3 is 15.0 Å². The number of aromatic nitrogens is 2. The molecule has 1 N–H and O–H groups in total. The molecule has 28 heavy (non-hydrogen) atoms. The van der Waals surface area contributed by atoms with E-state index in [1.165, 1.54) is 28.7 Å². The van der Waals surface area contributed by atoms with Crippen molar-refractivity contribution < 1.29 is 14.3 Å². The van der Waals surface area contributed by atoms with Gasteiger partial charge in [-0.05, 0) is 38.8 Å². The van der Waals surface area contributed by atoms with Crippen LogP contribution in [0.2, 0.25) is 0 Å². The number of esters is 1. The summed E-state index contributed by atoms with van der Waals surface area (Å²) in [4.78, 5) is 26.2. The van der Waals surface area contributed by atoms with Gasteiger partial charge in [0.1, 0.15) is 0 Å². The number of thioether (sulfide) groups is 1. The molecule has 7 nitrogen and oxygen atoms in total. The number of anilines is 2. The number of aryl methyl sites for hydroxylation is 1. The van der Waals surface area contributed by atoms with E-state index >= 15 is 0 Å². The Morgan fingerprint density at radius 1 is 1.32 bits per heavy atom. The van der Waals surface area contributed by atoms with Crippen LogP contribution in [0.1, 0.15) is 25.3 Å². The van der Waals surface area contributed by atoms with Gasteiger partial charge in [0.2, 0.25) is 11.0 Å². The Kier molecular flexibility index (Phi) is 7.27. The lowest BCUT2D eigenvalue weighted by atomic mass is 9.98. The summed E-state index contributed by atoms with van der Waals surface area (Å²) in [5, 5.41) is 12.2. The van der Waals surface area contributed by atoms with Crippen molar-refractivity contribution in [2.75, 3.05) is 30.8 Å². The van der Waals surface area contributed by atoms with Crippen molar-refractivity contribution in [3.05, 3.63) is 29.8 Å². The molecular formula is C19H24N4O3S2. The standard InChI is InChI=1S/C19H24N4O3S2/c1-3-26-17(25)14-5-4-10-23(11-14)16(24)12-27-19-22-21-18(28-19)20-15-8-6-13(2)7-9-15/h6-9,14H,3-5,10-12H2,1-2H3,(H,20,21)/t14-/m0/s1. The van der Waals surface area contributed by atoms with E-state index in [9.17, 15) is 9.59 Å². The average molecular weight is 421 g/mol. The third-order valence-corrected chi connectivity index (χ3v) is 6.38. The Hall–Kier alpha value is -2.13. The minimum atomic E-state index is -0.213. The van der Waals surface area contributed by atoms with Gasteiger partial charge in [0.05, 0.1) is 18.3 Å². The number of carbonyl (C=O) groups excluding carboxylic acids is 2. The van der Waals surface area contributed by atoms with E-state index in [2.05, 4.69) is 15.5 Å². The predicted octanol–water partition coefficient (Wildman–Crippen LogP) is 3.48. The first kappa shape index (κ1) is 20.6. The Balaban J connectivity index is 1.48. The quantitative estimate of drug-likeness (QED) is 0.542. The molecule has 1 amide bonds. The van der Waals surface area contributed by atoms with Crippen LogP contribution in [-0.2, 0) is 14.3 Å². The van der Waals surface area contributed by atoms with E-state index in [-0.39, 0.29) is 23.5 Å². The molecule has 2 heterocycles.